The van der Waals surface area contributed by atoms with E-state index >= 15 is 0 Å². The quantitative estimate of drug-likeness (QED) is 0.537. The number of rotatable bonds is 3. The molecule has 2 aromatic rings. The lowest BCUT2D eigenvalue weighted by molar-refractivity contribution is -0.384. The van der Waals surface area contributed by atoms with Crippen LogP contribution in [0.1, 0.15) is 9.67 Å². The van der Waals surface area contributed by atoms with Gasteiger partial charge in [-0.3, -0.25) is 14.9 Å². The minimum atomic E-state index is -0.419. The maximum Gasteiger partial charge on any atom is 0.270 e. The van der Waals surface area contributed by atoms with Gasteiger partial charge in [-0.05, 0) is 6.07 Å². The summed E-state index contributed by atoms with van der Waals surface area (Å²) in [6, 6.07) is 4.71. The molecule has 1 aliphatic rings. The number of non-ortho nitro benzene ring substituents is 1. The third kappa shape index (κ3) is 2.25. The van der Waals surface area contributed by atoms with E-state index in [0.29, 0.717) is 24.5 Å². The SMILES string of the molecule is C=CCN1CCNC(=O)c2sc3ccc([N+](=O)[O-])cc3c21. The van der Waals surface area contributed by atoms with Gasteiger partial charge in [0.2, 0.25) is 0 Å². The molecule has 0 radical (unpaired) electrons. The second kappa shape index (κ2) is 5.17. The van der Waals surface area contributed by atoms with E-state index in [1.165, 1.54) is 17.4 Å². The smallest absolute Gasteiger partial charge is 0.270 e. The Morgan fingerprint density at radius 3 is 3.05 bits per heavy atom. The maximum atomic E-state index is 12.2. The minimum absolute atomic E-state index is 0.0336. The first-order valence-corrected chi connectivity index (χ1v) is 7.28. The Morgan fingerprint density at radius 2 is 2.33 bits per heavy atom. The number of hydrogen-bond acceptors (Lipinski definition) is 5. The monoisotopic (exact) mass is 303 g/mol. The zero-order valence-corrected chi connectivity index (χ0v) is 12.0. The average Bonchev–Trinajstić information content (AvgIpc) is 2.77. The molecule has 0 unspecified atom stereocenters. The van der Waals surface area contributed by atoms with Gasteiger partial charge in [-0.1, -0.05) is 6.08 Å². The van der Waals surface area contributed by atoms with E-state index in [-0.39, 0.29) is 11.6 Å². The lowest BCUT2D eigenvalue weighted by Crippen LogP contribution is -2.30. The number of thiophene rings is 1. The van der Waals surface area contributed by atoms with Crippen molar-refractivity contribution in [1.29, 1.82) is 0 Å². The lowest BCUT2D eigenvalue weighted by Gasteiger charge is -2.21. The number of anilines is 1. The summed E-state index contributed by atoms with van der Waals surface area (Å²) in [6.07, 6.45) is 1.76. The first-order chi connectivity index (χ1) is 10.1. The number of nitro groups is 1. The summed E-state index contributed by atoms with van der Waals surface area (Å²) in [5, 5.41) is 14.6. The second-order valence-corrected chi connectivity index (χ2v) is 5.76. The van der Waals surface area contributed by atoms with Gasteiger partial charge in [0.25, 0.3) is 11.6 Å². The third-order valence-corrected chi connectivity index (χ3v) is 4.55. The van der Waals surface area contributed by atoms with Gasteiger partial charge >= 0.3 is 0 Å². The summed E-state index contributed by atoms with van der Waals surface area (Å²) < 4.78 is 0.872. The minimum Gasteiger partial charge on any atom is -0.364 e. The molecule has 0 saturated carbocycles. The van der Waals surface area contributed by atoms with Gasteiger partial charge in [-0.2, -0.15) is 0 Å². The fourth-order valence-electron chi connectivity index (χ4n) is 2.49. The van der Waals surface area contributed by atoms with E-state index < -0.39 is 4.92 Å². The Bertz CT molecular complexity index is 753. The summed E-state index contributed by atoms with van der Waals surface area (Å²) in [7, 11) is 0. The van der Waals surface area contributed by atoms with Gasteiger partial charge < -0.3 is 10.2 Å². The van der Waals surface area contributed by atoms with E-state index in [4.69, 9.17) is 0 Å². The Balaban J connectivity index is 2.26. The number of fused-ring (bicyclic) bond motifs is 3. The molecule has 1 aromatic heterocycles. The van der Waals surface area contributed by atoms with Crippen molar-refractivity contribution in [2.45, 2.75) is 0 Å². The number of carbonyl (C=O) groups excluding carboxylic acids is 1. The van der Waals surface area contributed by atoms with Crippen molar-refractivity contribution in [2.24, 2.45) is 0 Å². The molecule has 0 fully saturated rings. The molecule has 0 atom stereocenters. The van der Waals surface area contributed by atoms with Crippen LogP contribution in [0.15, 0.2) is 30.9 Å². The Hall–Kier alpha value is -2.41. The van der Waals surface area contributed by atoms with Crippen LogP contribution < -0.4 is 10.2 Å². The van der Waals surface area contributed by atoms with Crippen molar-refractivity contribution in [1.82, 2.24) is 5.32 Å². The summed E-state index contributed by atoms with van der Waals surface area (Å²) in [5.74, 6) is -0.125. The molecule has 2 heterocycles. The molecular weight excluding hydrogens is 290 g/mol. The molecule has 7 heteroatoms. The summed E-state index contributed by atoms with van der Waals surface area (Å²) >= 11 is 1.36. The van der Waals surface area contributed by atoms with Crippen LogP contribution >= 0.6 is 11.3 Å². The molecule has 3 rings (SSSR count). The number of nitrogens with zero attached hydrogens (tertiary/aromatic N) is 2. The second-order valence-electron chi connectivity index (χ2n) is 4.71. The molecule has 0 aliphatic carbocycles. The number of hydrogen-bond donors (Lipinski definition) is 1. The Morgan fingerprint density at radius 1 is 1.52 bits per heavy atom. The maximum absolute atomic E-state index is 12.2. The standard InChI is InChI=1S/C14H13N3O3S/c1-2-6-16-7-5-15-14(18)13-12(16)10-8-9(17(19)20)3-4-11(10)21-13/h2-4,8H,1,5-7H2,(H,15,18). The van der Waals surface area contributed by atoms with Crippen LogP contribution in [0.5, 0.6) is 0 Å². The van der Waals surface area contributed by atoms with E-state index in [1.54, 1.807) is 18.2 Å². The first-order valence-electron chi connectivity index (χ1n) is 6.47. The molecule has 0 saturated heterocycles. The Labute approximate surface area is 124 Å². The third-order valence-electron chi connectivity index (χ3n) is 3.40. The van der Waals surface area contributed by atoms with Crippen LogP contribution in [0, 0.1) is 10.1 Å². The van der Waals surface area contributed by atoms with Crippen molar-refractivity contribution in [2.75, 3.05) is 24.5 Å². The number of benzene rings is 1. The predicted octanol–water partition coefficient (Wildman–Crippen LogP) is 2.55. The molecule has 21 heavy (non-hydrogen) atoms. The van der Waals surface area contributed by atoms with Crippen LogP contribution in [-0.2, 0) is 0 Å². The molecule has 0 spiro atoms. The molecule has 1 aliphatic heterocycles. The van der Waals surface area contributed by atoms with Crippen LogP contribution in [0.3, 0.4) is 0 Å². The molecular formula is C14H13N3O3S. The highest BCUT2D eigenvalue weighted by atomic mass is 32.1. The highest BCUT2D eigenvalue weighted by Crippen LogP contribution is 2.40. The molecule has 1 aromatic carbocycles. The van der Waals surface area contributed by atoms with Gasteiger partial charge in [-0.25, -0.2) is 0 Å². The number of nitrogens with one attached hydrogen (secondary N) is 1. The topological polar surface area (TPSA) is 75.5 Å². The molecule has 108 valence electrons. The normalized spacial score (nSPS) is 14.5. The summed E-state index contributed by atoms with van der Waals surface area (Å²) in [6.45, 7) is 5.53. The van der Waals surface area contributed by atoms with Gasteiger partial charge in [0.1, 0.15) is 4.88 Å². The van der Waals surface area contributed by atoms with Crippen LogP contribution in [0.25, 0.3) is 10.1 Å². The van der Waals surface area contributed by atoms with Crippen molar-refractivity contribution in [3.05, 3.63) is 45.8 Å². The van der Waals surface area contributed by atoms with Gasteiger partial charge in [0.15, 0.2) is 0 Å². The zero-order valence-electron chi connectivity index (χ0n) is 11.2. The average molecular weight is 303 g/mol. The highest BCUT2D eigenvalue weighted by Gasteiger charge is 2.26. The predicted molar refractivity (Wildman–Crippen MR) is 83.2 cm³/mol. The number of carbonyl (C=O) groups is 1. The highest BCUT2D eigenvalue weighted by molar-refractivity contribution is 7.21. The largest absolute Gasteiger partial charge is 0.364 e. The van der Waals surface area contributed by atoms with Crippen molar-refractivity contribution >= 4 is 38.7 Å². The van der Waals surface area contributed by atoms with Crippen LogP contribution in [-0.4, -0.2) is 30.5 Å². The summed E-state index contributed by atoms with van der Waals surface area (Å²) in [4.78, 5) is 25.3. The Kier molecular flexibility index (Phi) is 3.34. The van der Waals surface area contributed by atoms with Crippen molar-refractivity contribution in [3.63, 3.8) is 0 Å². The van der Waals surface area contributed by atoms with Crippen molar-refractivity contribution in [3.8, 4) is 0 Å². The van der Waals surface area contributed by atoms with E-state index in [1.807, 2.05) is 4.90 Å². The zero-order chi connectivity index (χ0) is 15.0. The number of nitro benzene ring substituents is 1. The fourth-order valence-corrected chi connectivity index (χ4v) is 3.61. The fraction of sp³-hybridized carbons (Fsp3) is 0.214. The summed E-state index contributed by atoms with van der Waals surface area (Å²) in [5.41, 5.74) is 0.805. The first kappa shape index (κ1) is 13.6. The molecule has 0 bridgehead atoms. The van der Waals surface area contributed by atoms with Gasteiger partial charge in [0.05, 0.1) is 10.6 Å². The van der Waals surface area contributed by atoms with Crippen LogP contribution in [0.2, 0.25) is 0 Å². The van der Waals surface area contributed by atoms with Crippen LogP contribution in [0.4, 0.5) is 11.4 Å². The van der Waals surface area contributed by atoms with Gasteiger partial charge in [0, 0.05) is 41.9 Å². The van der Waals surface area contributed by atoms with E-state index in [2.05, 4.69) is 11.9 Å². The molecule has 6 nitrogen and oxygen atoms in total. The molecule has 1 amide bonds. The van der Waals surface area contributed by atoms with Gasteiger partial charge in [-0.15, -0.1) is 17.9 Å². The number of amides is 1. The van der Waals surface area contributed by atoms with Crippen molar-refractivity contribution < 1.29 is 9.72 Å². The lowest BCUT2D eigenvalue weighted by atomic mass is 10.2. The van der Waals surface area contributed by atoms with E-state index in [9.17, 15) is 14.9 Å². The van der Waals surface area contributed by atoms with E-state index in [0.717, 1.165) is 15.8 Å². The molecule has 1 N–H and O–H groups in total.